The van der Waals surface area contributed by atoms with Crippen LogP contribution in [0.15, 0.2) is 58.7 Å². The van der Waals surface area contributed by atoms with Crippen molar-refractivity contribution in [2.75, 3.05) is 10.6 Å². The van der Waals surface area contributed by atoms with Gasteiger partial charge in [-0.05, 0) is 43.2 Å². The molecule has 0 saturated carbocycles. The van der Waals surface area contributed by atoms with E-state index in [4.69, 9.17) is 0 Å². The van der Waals surface area contributed by atoms with Crippen LogP contribution in [0, 0.1) is 6.92 Å². The van der Waals surface area contributed by atoms with E-state index in [2.05, 4.69) is 26.2 Å². The van der Waals surface area contributed by atoms with Crippen LogP contribution in [-0.4, -0.2) is 33.9 Å². The molecule has 1 aliphatic heterocycles. The first kappa shape index (κ1) is 22.2. The molecule has 0 spiro atoms. The smallest absolute Gasteiger partial charge is 0.240 e. The number of anilines is 2. The summed E-state index contributed by atoms with van der Waals surface area (Å²) in [5, 5.41) is 16.3. The van der Waals surface area contributed by atoms with Gasteiger partial charge < -0.3 is 16.0 Å². The molecule has 3 amide bonds. The van der Waals surface area contributed by atoms with Gasteiger partial charge in [-0.25, -0.2) is 0 Å². The first-order chi connectivity index (χ1) is 14.8. The third-order valence-electron chi connectivity index (χ3n) is 4.46. The number of aryl methyl sites for hydroxylation is 1. The van der Waals surface area contributed by atoms with Crippen LogP contribution in [0.2, 0.25) is 0 Å². The third-order valence-corrected chi connectivity index (χ3v) is 5.53. The van der Waals surface area contributed by atoms with Crippen LogP contribution in [0.25, 0.3) is 0 Å². The van der Waals surface area contributed by atoms with E-state index >= 15 is 0 Å². The van der Waals surface area contributed by atoms with E-state index in [1.165, 1.54) is 18.7 Å². The highest BCUT2D eigenvalue weighted by Crippen LogP contribution is 2.24. The Balaban J connectivity index is 1.62. The number of nitrogens with one attached hydrogen (secondary N) is 3. The van der Waals surface area contributed by atoms with Crippen LogP contribution in [0.3, 0.4) is 0 Å². The van der Waals surface area contributed by atoms with Gasteiger partial charge in [0.15, 0.2) is 5.17 Å². The number of carbonyl (C=O) groups is 3. The SMILES string of the molecule is CC(=O)Nc1cccc(/C(C)=N/N=C2/NC(=O)C(CC(=O)Nc3ccccc3C)S2)c1. The largest absolute Gasteiger partial charge is 0.326 e. The molecule has 31 heavy (non-hydrogen) atoms. The highest BCUT2D eigenvalue weighted by Gasteiger charge is 2.32. The minimum atomic E-state index is -0.568. The molecular formula is C22H23N5O3S. The Morgan fingerprint density at radius 3 is 2.61 bits per heavy atom. The normalized spacial score (nSPS) is 17.4. The second kappa shape index (κ2) is 10.0. The van der Waals surface area contributed by atoms with E-state index in [1.54, 1.807) is 19.1 Å². The van der Waals surface area contributed by atoms with Gasteiger partial charge in [-0.3, -0.25) is 14.4 Å². The zero-order valence-corrected chi connectivity index (χ0v) is 18.2. The summed E-state index contributed by atoms with van der Waals surface area (Å²) < 4.78 is 0. The molecule has 2 aromatic rings. The minimum Gasteiger partial charge on any atom is -0.326 e. The highest BCUT2D eigenvalue weighted by atomic mass is 32.2. The second-order valence-corrected chi connectivity index (χ2v) is 8.21. The Morgan fingerprint density at radius 2 is 1.87 bits per heavy atom. The standard InChI is InChI=1S/C22H23N5O3S/c1-13-7-4-5-10-18(13)24-20(29)12-19-21(30)25-22(31-19)27-26-14(2)16-8-6-9-17(11-16)23-15(3)28/h4-11,19H,12H2,1-3H3,(H,23,28)(H,24,29)(H,25,27,30)/b26-14+. The molecule has 0 aromatic heterocycles. The zero-order valence-electron chi connectivity index (χ0n) is 17.4. The fourth-order valence-electron chi connectivity index (χ4n) is 2.87. The lowest BCUT2D eigenvalue weighted by Crippen LogP contribution is -2.28. The Kier molecular flexibility index (Phi) is 7.19. The molecule has 0 bridgehead atoms. The number of para-hydroxylation sites is 1. The summed E-state index contributed by atoms with van der Waals surface area (Å²) in [6.07, 6.45) is 0.0330. The minimum absolute atomic E-state index is 0.0330. The van der Waals surface area contributed by atoms with Gasteiger partial charge in [0.05, 0.1) is 5.71 Å². The number of thioether (sulfide) groups is 1. The van der Waals surface area contributed by atoms with Crippen LogP contribution in [-0.2, 0) is 14.4 Å². The molecule has 0 aliphatic carbocycles. The number of rotatable bonds is 6. The van der Waals surface area contributed by atoms with Crippen molar-refractivity contribution in [3.63, 3.8) is 0 Å². The number of amides is 3. The van der Waals surface area contributed by atoms with Gasteiger partial charge in [-0.15, -0.1) is 5.10 Å². The Bertz CT molecular complexity index is 1080. The van der Waals surface area contributed by atoms with Crippen LogP contribution in [0.5, 0.6) is 0 Å². The zero-order chi connectivity index (χ0) is 22.4. The van der Waals surface area contributed by atoms with Crippen molar-refractivity contribution in [3.05, 3.63) is 59.7 Å². The Hall–Kier alpha value is -3.46. The van der Waals surface area contributed by atoms with Crippen molar-refractivity contribution in [2.24, 2.45) is 10.2 Å². The van der Waals surface area contributed by atoms with Gasteiger partial charge in [-0.1, -0.05) is 42.1 Å². The number of hydrogen-bond donors (Lipinski definition) is 3. The van der Waals surface area contributed by atoms with Crippen molar-refractivity contribution in [3.8, 4) is 0 Å². The fourth-order valence-corrected chi connectivity index (χ4v) is 3.79. The van der Waals surface area contributed by atoms with Crippen molar-refractivity contribution in [2.45, 2.75) is 32.4 Å². The van der Waals surface area contributed by atoms with Gasteiger partial charge in [0.25, 0.3) is 0 Å². The van der Waals surface area contributed by atoms with Crippen molar-refractivity contribution < 1.29 is 14.4 Å². The maximum atomic E-state index is 12.3. The molecule has 1 unspecified atom stereocenters. The summed E-state index contributed by atoms with van der Waals surface area (Å²) in [6.45, 7) is 5.13. The summed E-state index contributed by atoms with van der Waals surface area (Å²) >= 11 is 1.18. The lowest BCUT2D eigenvalue weighted by molar-refractivity contribution is -0.122. The maximum Gasteiger partial charge on any atom is 0.240 e. The van der Waals surface area contributed by atoms with Gasteiger partial charge in [0.1, 0.15) is 5.25 Å². The van der Waals surface area contributed by atoms with Crippen LogP contribution in [0.1, 0.15) is 31.4 Å². The molecule has 1 saturated heterocycles. The molecule has 9 heteroatoms. The molecule has 1 fully saturated rings. The van der Waals surface area contributed by atoms with Crippen LogP contribution >= 0.6 is 11.8 Å². The van der Waals surface area contributed by atoms with E-state index in [9.17, 15) is 14.4 Å². The second-order valence-electron chi connectivity index (χ2n) is 7.02. The Morgan fingerprint density at radius 1 is 1.10 bits per heavy atom. The molecular weight excluding hydrogens is 414 g/mol. The molecule has 3 N–H and O–H groups in total. The molecule has 8 nitrogen and oxygen atoms in total. The topological polar surface area (TPSA) is 112 Å². The van der Waals surface area contributed by atoms with Crippen LogP contribution in [0.4, 0.5) is 11.4 Å². The van der Waals surface area contributed by atoms with Crippen molar-refractivity contribution >= 4 is 51.7 Å². The van der Waals surface area contributed by atoms with E-state index in [-0.39, 0.29) is 24.1 Å². The molecule has 1 heterocycles. The van der Waals surface area contributed by atoms with Gasteiger partial charge >= 0.3 is 0 Å². The molecule has 2 aromatic carbocycles. The van der Waals surface area contributed by atoms with Crippen molar-refractivity contribution in [1.82, 2.24) is 5.32 Å². The van der Waals surface area contributed by atoms with Gasteiger partial charge in [0.2, 0.25) is 17.7 Å². The average Bonchev–Trinajstić information content (AvgIpc) is 3.06. The quantitative estimate of drug-likeness (QED) is 0.475. The number of hydrogen-bond acceptors (Lipinski definition) is 6. The summed E-state index contributed by atoms with van der Waals surface area (Å²) in [7, 11) is 0. The first-order valence-corrected chi connectivity index (χ1v) is 10.5. The lowest BCUT2D eigenvalue weighted by Gasteiger charge is -2.09. The highest BCUT2D eigenvalue weighted by molar-refractivity contribution is 8.15. The molecule has 160 valence electrons. The maximum absolute atomic E-state index is 12.3. The summed E-state index contributed by atoms with van der Waals surface area (Å²) in [5.41, 5.74) is 3.75. The van der Waals surface area contributed by atoms with Crippen LogP contribution < -0.4 is 16.0 Å². The number of carbonyl (C=O) groups excluding carboxylic acids is 3. The third kappa shape index (κ3) is 6.26. The summed E-state index contributed by atoms with van der Waals surface area (Å²) in [5.74, 6) is -0.670. The van der Waals surface area contributed by atoms with E-state index in [0.29, 0.717) is 16.6 Å². The summed E-state index contributed by atoms with van der Waals surface area (Å²) in [6, 6.07) is 14.7. The molecule has 0 radical (unpaired) electrons. The van der Waals surface area contributed by atoms with Gasteiger partial charge in [-0.2, -0.15) is 5.10 Å². The number of amidine groups is 1. The average molecular weight is 438 g/mol. The molecule has 1 aliphatic rings. The molecule has 3 rings (SSSR count). The fraction of sp³-hybridized carbons (Fsp3) is 0.227. The molecule has 1 atom stereocenters. The van der Waals surface area contributed by atoms with E-state index in [0.717, 1.165) is 16.8 Å². The van der Waals surface area contributed by atoms with E-state index < -0.39 is 5.25 Å². The monoisotopic (exact) mass is 437 g/mol. The van der Waals surface area contributed by atoms with E-state index in [1.807, 2.05) is 43.3 Å². The predicted octanol–water partition coefficient (Wildman–Crippen LogP) is 3.29. The van der Waals surface area contributed by atoms with Gasteiger partial charge in [0, 0.05) is 24.7 Å². The lowest BCUT2D eigenvalue weighted by atomic mass is 10.1. The van der Waals surface area contributed by atoms with Crippen molar-refractivity contribution in [1.29, 1.82) is 0 Å². The first-order valence-electron chi connectivity index (χ1n) is 9.65. The number of nitrogens with zero attached hydrogens (tertiary/aromatic N) is 2. The predicted molar refractivity (Wildman–Crippen MR) is 124 cm³/mol. The number of benzene rings is 2. The Labute approximate surface area is 184 Å². The summed E-state index contributed by atoms with van der Waals surface area (Å²) in [4.78, 5) is 35.8.